The van der Waals surface area contributed by atoms with E-state index in [4.69, 9.17) is 0 Å². The minimum Gasteiger partial charge on any atom is -0.298 e. The van der Waals surface area contributed by atoms with Crippen molar-refractivity contribution in [1.82, 2.24) is 9.55 Å². The van der Waals surface area contributed by atoms with Gasteiger partial charge in [0.2, 0.25) is 0 Å². The molecule has 0 saturated heterocycles. The number of fused-ring (bicyclic) bond motifs is 1. The second-order valence-electron chi connectivity index (χ2n) is 4.19. The van der Waals surface area contributed by atoms with Gasteiger partial charge in [-0.25, -0.2) is 4.79 Å². The Morgan fingerprint density at radius 2 is 2.12 bits per heavy atom. The lowest BCUT2D eigenvalue weighted by Gasteiger charge is -2.03. The number of aromatic amines is 1. The van der Waals surface area contributed by atoms with Gasteiger partial charge >= 0.3 is 5.69 Å². The van der Waals surface area contributed by atoms with Gasteiger partial charge in [-0.3, -0.25) is 14.3 Å². The van der Waals surface area contributed by atoms with E-state index in [1.807, 2.05) is 13.0 Å². The Hall–Kier alpha value is -1.36. The maximum Gasteiger partial charge on any atom is 0.329 e. The van der Waals surface area contributed by atoms with Crippen molar-refractivity contribution in [2.75, 3.05) is 0 Å². The predicted octanol–water partition coefficient (Wildman–Crippen LogP) is 2.25. The van der Waals surface area contributed by atoms with Crippen LogP contribution in [0, 0.1) is 6.92 Å². The standard InChI is InChI=1S/C12H16N2O2S/c1-3-4-5-6-14-11(15)9-7-8(2)17-10(9)13-12(14)16/h7H,3-6H2,1-2H3,(H,13,16). The number of unbranched alkanes of at least 4 members (excludes halogenated alkanes) is 2. The first-order valence-electron chi connectivity index (χ1n) is 5.86. The number of H-pyrrole nitrogens is 1. The van der Waals surface area contributed by atoms with E-state index >= 15 is 0 Å². The lowest BCUT2D eigenvalue weighted by atomic mass is 10.2. The molecule has 0 bridgehead atoms. The molecule has 0 spiro atoms. The molecule has 0 radical (unpaired) electrons. The molecule has 2 rings (SSSR count). The molecule has 2 aromatic rings. The maximum atomic E-state index is 12.1. The molecule has 17 heavy (non-hydrogen) atoms. The average Bonchev–Trinajstić information content (AvgIpc) is 2.64. The Labute approximate surface area is 103 Å². The number of rotatable bonds is 4. The minimum atomic E-state index is -0.291. The van der Waals surface area contributed by atoms with E-state index in [-0.39, 0.29) is 11.2 Å². The molecule has 5 heteroatoms. The number of nitrogens with zero attached hydrogens (tertiary/aromatic N) is 1. The molecule has 2 aromatic heterocycles. The van der Waals surface area contributed by atoms with Crippen molar-refractivity contribution in [3.05, 3.63) is 31.8 Å². The molecule has 0 unspecified atom stereocenters. The van der Waals surface area contributed by atoms with E-state index in [1.54, 1.807) is 0 Å². The fourth-order valence-corrected chi connectivity index (χ4v) is 2.78. The first-order valence-corrected chi connectivity index (χ1v) is 6.68. The van der Waals surface area contributed by atoms with Gasteiger partial charge in [-0.1, -0.05) is 19.8 Å². The van der Waals surface area contributed by atoms with Gasteiger partial charge in [-0.2, -0.15) is 0 Å². The summed E-state index contributed by atoms with van der Waals surface area (Å²) in [6.45, 7) is 4.54. The van der Waals surface area contributed by atoms with Crippen LogP contribution in [0.3, 0.4) is 0 Å². The third-order valence-corrected chi connectivity index (χ3v) is 3.75. The van der Waals surface area contributed by atoms with Gasteiger partial charge in [-0.05, 0) is 19.4 Å². The van der Waals surface area contributed by atoms with Crippen LogP contribution in [0.5, 0.6) is 0 Å². The highest BCUT2D eigenvalue weighted by molar-refractivity contribution is 7.18. The normalized spacial score (nSPS) is 11.2. The molecule has 92 valence electrons. The number of nitrogens with one attached hydrogen (secondary N) is 1. The number of aryl methyl sites for hydroxylation is 1. The molecular weight excluding hydrogens is 236 g/mol. The van der Waals surface area contributed by atoms with Crippen LogP contribution in [-0.2, 0) is 6.54 Å². The summed E-state index contributed by atoms with van der Waals surface area (Å²) in [5.41, 5.74) is -0.454. The molecule has 0 saturated carbocycles. The lowest BCUT2D eigenvalue weighted by molar-refractivity contribution is 0.568. The van der Waals surface area contributed by atoms with Crippen LogP contribution in [0.4, 0.5) is 0 Å². The highest BCUT2D eigenvalue weighted by Crippen LogP contribution is 2.18. The van der Waals surface area contributed by atoms with E-state index in [1.165, 1.54) is 15.9 Å². The van der Waals surface area contributed by atoms with Crippen molar-refractivity contribution in [3.63, 3.8) is 0 Å². The fourth-order valence-electron chi connectivity index (χ4n) is 1.89. The molecule has 4 nitrogen and oxygen atoms in total. The molecule has 0 aromatic carbocycles. The van der Waals surface area contributed by atoms with E-state index in [0.29, 0.717) is 16.8 Å². The number of aromatic nitrogens is 2. The number of hydrogen-bond acceptors (Lipinski definition) is 3. The number of thiophene rings is 1. The Kier molecular flexibility index (Phi) is 3.47. The third-order valence-electron chi connectivity index (χ3n) is 2.78. The summed E-state index contributed by atoms with van der Waals surface area (Å²) in [5, 5.41) is 0.628. The van der Waals surface area contributed by atoms with Crippen LogP contribution in [0.1, 0.15) is 31.1 Å². The lowest BCUT2D eigenvalue weighted by Crippen LogP contribution is -2.34. The van der Waals surface area contributed by atoms with Crippen molar-refractivity contribution in [1.29, 1.82) is 0 Å². The predicted molar refractivity (Wildman–Crippen MR) is 71.0 cm³/mol. The van der Waals surface area contributed by atoms with Crippen LogP contribution in [0.2, 0.25) is 0 Å². The van der Waals surface area contributed by atoms with Gasteiger partial charge in [-0.15, -0.1) is 11.3 Å². The molecule has 1 N–H and O–H groups in total. The molecule has 0 aliphatic rings. The third kappa shape index (κ3) is 2.34. The summed E-state index contributed by atoms with van der Waals surface area (Å²) in [5.74, 6) is 0. The van der Waals surface area contributed by atoms with Crippen LogP contribution in [0.25, 0.3) is 10.2 Å². The Balaban J connectivity index is 2.48. The van der Waals surface area contributed by atoms with Gasteiger partial charge in [0.25, 0.3) is 5.56 Å². The summed E-state index contributed by atoms with van der Waals surface area (Å²) in [4.78, 5) is 28.4. The first kappa shape index (κ1) is 12.1. The van der Waals surface area contributed by atoms with Crippen LogP contribution in [0.15, 0.2) is 15.7 Å². The van der Waals surface area contributed by atoms with Crippen LogP contribution < -0.4 is 11.2 Å². The molecule has 0 atom stereocenters. The zero-order valence-electron chi connectivity index (χ0n) is 10.1. The van der Waals surface area contributed by atoms with Gasteiger partial charge in [0.05, 0.1) is 5.39 Å². The van der Waals surface area contributed by atoms with Gasteiger partial charge in [0.1, 0.15) is 4.83 Å². The maximum absolute atomic E-state index is 12.1. The molecule has 0 aliphatic heterocycles. The summed E-state index contributed by atoms with van der Waals surface area (Å²) in [6.07, 6.45) is 2.98. The van der Waals surface area contributed by atoms with Crippen molar-refractivity contribution >= 4 is 21.6 Å². The van der Waals surface area contributed by atoms with Gasteiger partial charge < -0.3 is 0 Å². The first-order chi connectivity index (χ1) is 8.13. The summed E-state index contributed by atoms with van der Waals surface area (Å²) < 4.78 is 1.31. The van der Waals surface area contributed by atoms with Crippen LogP contribution in [-0.4, -0.2) is 9.55 Å². The molecule has 2 heterocycles. The van der Waals surface area contributed by atoms with Gasteiger partial charge in [0, 0.05) is 11.4 Å². The van der Waals surface area contributed by atoms with Crippen molar-refractivity contribution in [2.24, 2.45) is 0 Å². The SMILES string of the molecule is CCCCCn1c(=O)[nH]c2sc(C)cc2c1=O. The molecule has 0 amide bonds. The Morgan fingerprint density at radius 1 is 1.35 bits per heavy atom. The zero-order valence-corrected chi connectivity index (χ0v) is 10.9. The van der Waals surface area contributed by atoms with Crippen molar-refractivity contribution < 1.29 is 0 Å². The minimum absolute atomic E-state index is 0.163. The topological polar surface area (TPSA) is 54.9 Å². The largest absolute Gasteiger partial charge is 0.329 e. The quantitative estimate of drug-likeness (QED) is 0.848. The van der Waals surface area contributed by atoms with Crippen LogP contribution >= 0.6 is 11.3 Å². The molecular formula is C12H16N2O2S. The van der Waals surface area contributed by atoms with Crippen molar-refractivity contribution in [2.45, 2.75) is 39.7 Å². The van der Waals surface area contributed by atoms with E-state index in [0.717, 1.165) is 24.1 Å². The second kappa shape index (κ2) is 4.87. The highest BCUT2D eigenvalue weighted by Gasteiger charge is 2.09. The van der Waals surface area contributed by atoms with E-state index in [9.17, 15) is 9.59 Å². The monoisotopic (exact) mass is 252 g/mol. The molecule has 0 fully saturated rings. The summed E-state index contributed by atoms with van der Waals surface area (Å²) in [6, 6.07) is 1.84. The Bertz CT molecular complexity index is 636. The van der Waals surface area contributed by atoms with E-state index in [2.05, 4.69) is 11.9 Å². The fraction of sp³-hybridized carbons (Fsp3) is 0.500. The van der Waals surface area contributed by atoms with Crippen molar-refractivity contribution in [3.8, 4) is 0 Å². The highest BCUT2D eigenvalue weighted by atomic mass is 32.1. The smallest absolute Gasteiger partial charge is 0.298 e. The molecule has 0 aliphatic carbocycles. The Morgan fingerprint density at radius 3 is 2.82 bits per heavy atom. The summed E-state index contributed by atoms with van der Waals surface area (Å²) in [7, 11) is 0. The zero-order chi connectivity index (χ0) is 12.4. The second-order valence-corrected chi connectivity index (χ2v) is 5.45. The average molecular weight is 252 g/mol. The van der Waals surface area contributed by atoms with Gasteiger partial charge in [0.15, 0.2) is 0 Å². The summed E-state index contributed by atoms with van der Waals surface area (Å²) >= 11 is 1.45. The number of hydrogen-bond donors (Lipinski definition) is 1. The van der Waals surface area contributed by atoms with E-state index < -0.39 is 0 Å².